The van der Waals surface area contributed by atoms with Crippen molar-refractivity contribution in [3.8, 4) is 0 Å². The van der Waals surface area contributed by atoms with E-state index in [1.54, 1.807) is 6.20 Å². The van der Waals surface area contributed by atoms with Crippen molar-refractivity contribution in [1.82, 2.24) is 20.4 Å². The number of aryl methyl sites for hydroxylation is 1. The Kier molecular flexibility index (Phi) is 3.20. The number of fused-ring (bicyclic) bond motifs is 1. The Morgan fingerprint density at radius 1 is 1.16 bits per heavy atom. The lowest BCUT2D eigenvalue weighted by molar-refractivity contribution is 0.364. The predicted octanol–water partition coefficient (Wildman–Crippen LogP) is 2.22. The summed E-state index contributed by atoms with van der Waals surface area (Å²) in [7, 11) is 0. The van der Waals surface area contributed by atoms with E-state index in [1.165, 1.54) is 10.9 Å². The van der Waals surface area contributed by atoms with E-state index in [2.05, 4.69) is 38.6 Å². The standard InChI is InChI=1S/C14H14N4O/c1-10-17-14(19-18-10)9-16-7-11-2-3-13-8-15-5-4-12(13)6-11/h2-6,8,16H,7,9H2,1H3. The number of hydrogen-bond acceptors (Lipinski definition) is 5. The molecule has 0 bridgehead atoms. The highest BCUT2D eigenvalue weighted by atomic mass is 16.5. The van der Waals surface area contributed by atoms with E-state index in [4.69, 9.17) is 4.52 Å². The second-order valence-electron chi connectivity index (χ2n) is 4.40. The molecular formula is C14H14N4O. The molecule has 5 heteroatoms. The van der Waals surface area contributed by atoms with Crippen molar-refractivity contribution in [3.05, 3.63) is 53.9 Å². The largest absolute Gasteiger partial charge is 0.338 e. The highest BCUT2D eigenvalue weighted by molar-refractivity contribution is 5.81. The van der Waals surface area contributed by atoms with Gasteiger partial charge in [0.15, 0.2) is 5.82 Å². The van der Waals surface area contributed by atoms with Gasteiger partial charge in [0.05, 0.1) is 6.54 Å². The Morgan fingerprint density at radius 3 is 2.95 bits per heavy atom. The summed E-state index contributed by atoms with van der Waals surface area (Å²) in [5.41, 5.74) is 1.22. The minimum absolute atomic E-state index is 0.579. The van der Waals surface area contributed by atoms with E-state index in [0.29, 0.717) is 18.3 Å². The van der Waals surface area contributed by atoms with Crippen molar-refractivity contribution in [2.75, 3.05) is 0 Å². The van der Waals surface area contributed by atoms with E-state index in [9.17, 15) is 0 Å². The molecule has 0 amide bonds. The van der Waals surface area contributed by atoms with Crippen LogP contribution in [-0.2, 0) is 13.1 Å². The lowest BCUT2D eigenvalue weighted by Gasteiger charge is -2.04. The summed E-state index contributed by atoms with van der Waals surface area (Å²) in [5, 5.41) is 9.38. The van der Waals surface area contributed by atoms with Gasteiger partial charge in [-0.05, 0) is 30.0 Å². The zero-order chi connectivity index (χ0) is 13.1. The lowest BCUT2D eigenvalue weighted by atomic mass is 10.1. The van der Waals surface area contributed by atoms with Gasteiger partial charge in [-0.15, -0.1) is 0 Å². The smallest absolute Gasteiger partial charge is 0.240 e. The van der Waals surface area contributed by atoms with Gasteiger partial charge >= 0.3 is 0 Å². The maximum absolute atomic E-state index is 5.04. The summed E-state index contributed by atoms with van der Waals surface area (Å²) in [6.45, 7) is 3.15. The maximum Gasteiger partial charge on any atom is 0.240 e. The van der Waals surface area contributed by atoms with E-state index in [1.807, 2.05) is 19.2 Å². The molecule has 19 heavy (non-hydrogen) atoms. The summed E-state index contributed by atoms with van der Waals surface area (Å²) in [4.78, 5) is 8.25. The molecule has 0 aliphatic carbocycles. The predicted molar refractivity (Wildman–Crippen MR) is 71.3 cm³/mol. The first kappa shape index (κ1) is 11.8. The number of nitrogens with one attached hydrogen (secondary N) is 1. The van der Waals surface area contributed by atoms with Crippen molar-refractivity contribution < 1.29 is 4.52 Å². The van der Waals surface area contributed by atoms with Gasteiger partial charge in [0.25, 0.3) is 0 Å². The monoisotopic (exact) mass is 254 g/mol. The number of benzene rings is 1. The fraction of sp³-hybridized carbons (Fsp3) is 0.214. The Labute approximate surface area is 110 Å². The van der Waals surface area contributed by atoms with Gasteiger partial charge in [0.2, 0.25) is 5.89 Å². The molecule has 0 saturated heterocycles. The quantitative estimate of drug-likeness (QED) is 0.773. The number of nitrogens with zero attached hydrogens (tertiary/aromatic N) is 3. The fourth-order valence-corrected chi connectivity index (χ4v) is 1.97. The first-order valence-electron chi connectivity index (χ1n) is 6.14. The Hall–Kier alpha value is -2.27. The minimum Gasteiger partial charge on any atom is -0.338 e. The van der Waals surface area contributed by atoms with Gasteiger partial charge in [-0.1, -0.05) is 17.3 Å². The van der Waals surface area contributed by atoms with Crippen molar-refractivity contribution in [2.24, 2.45) is 0 Å². The summed E-state index contributed by atoms with van der Waals surface area (Å²) in [6, 6.07) is 8.34. The molecule has 1 aromatic carbocycles. The maximum atomic E-state index is 5.04. The molecule has 0 saturated carbocycles. The van der Waals surface area contributed by atoms with Crippen molar-refractivity contribution in [3.63, 3.8) is 0 Å². The third kappa shape index (κ3) is 2.77. The molecule has 2 heterocycles. The van der Waals surface area contributed by atoms with Gasteiger partial charge in [-0.25, -0.2) is 0 Å². The second-order valence-corrected chi connectivity index (χ2v) is 4.40. The molecule has 96 valence electrons. The van der Waals surface area contributed by atoms with Crippen LogP contribution in [0.4, 0.5) is 0 Å². The summed E-state index contributed by atoms with van der Waals surface area (Å²) < 4.78 is 5.04. The first-order valence-corrected chi connectivity index (χ1v) is 6.14. The number of pyridine rings is 1. The van der Waals surface area contributed by atoms with Gasteiger partial charge in [-0.3, -0.25) is 4.98 Å². The zero-order valence-corrected chi connectivity index (χ0v) is 10.6. The van der Waals surface area contributed by atoms with Crippen molar-refractivity contribution >= 4 is 10.8 Å². The van der Waals surface area contributed by atoms with Crippen LogP contribution in [-0.4, -0.2) is 15.1 Å². The number of rotatable bonds is 4. The molecule has 0 fully saturated rings. The fourth-order valence-electron chi connectivity index (χ4n) is 1.97. The number of aromatic nitrogens is 3. The molecule has 5 nitrogen and oxygen atoms in total. The lowest BCUT2D eigenvalue weighted by Crippen LogP contribution is -2.12. The average Bonchev–Trinajstić information content (AvgIpc) is 2.84. The molecule has 0 spiro atoms. The second kappa shape index (κ2) is 5.16. The molecule has 3 aromatic rings. The Bertz CT molecular complexity index is 692. The Balaban J connectivity index is 1.65. The van der Waals surface area contributed by atoms with Crippen LogP contribution in [0.2, 0.25) is 0 Å². The topological polar surface area (TPSA) is 63.8 Å². The van der Waals surface area contributed by atoms with E-state index in [-0.39, 0.29) is 0 Å². The van der Waals surface area contributed by atoms with Crippen LogP contribution in [0.5, 0.6) is 0 Å². The van der Waals surface area contributed by atoms with Crippen LogP contribution < -0.4 is 5.32 Å². The van der Waals surface area contributed by atoms with Gasteiger partial charge in [0.1, 0.15) is 0 Å². The van der Waals surface area contributed by atoms with Crippen LogP contribution in [0.1, 0.15) is 17.3 Å². The zero-order valence-electron chi connectivity index (χ0n) is 10.6. The third-order valence-corrected chi connectivity index (χ3v) is 2.88. The summed E-state index contributed by atoms with van der Waals surface area (Å²) in [5.74, 6) is 1.28. The molecule has 3 rings (SSSR count). The molecule has 2 aromatic heterocycles. The molecule has 0 aliphatic rings. The van der Waals surface area contributed by atoms with E-state index >= 15 is 0 Å². The van der Waals surface area contributed by atoms with Gasteiger partial charge < -0.3 is 9.84 Å². The SMILES string of the molecule is Cc1noc(CNCc2ccc3cnccc3c2)n1. The van der Waals surface area contributed by atoms with Crippen molar-refractivity contribution in [2.45, 2.75) is 20.0 Å². The van der Waals surface area contributed by atoms with E-state index in [0.717, 1.165) is 11.9 Å². The van der Waals surface area contributed by atoms with Crippen molar-refractivity contribution in [1.29, 1.82) is 0 Å². The molecule has 0 radical (unpaired) electrons. The number of hydrogen-bond donors (Lipinski definition) is 1. The average molecular weight is 254 g/mol. The van der Waals surface area contributed by atoms with Gasteiger partial charge in [0, 0.05) is 24.3 Å². The van der Waals surface area contributed by atoms with Crippen LogP contribution in [0.25, 0.3) is 10.8 Å². The molecule has 0 aliphatic heterocycles. The Morgan fingerprint density at radius 2 is 2.11 bits per heavy atom. The normalized spacial score (nSPS) is 11.0. The molecular weight excluding hydrogens is 240 g/mol. The van der Waals surface area contributed by atoms with Crippen LogP contribution in [0.15, 0.2) is 41.2 Å². The minimum atomic E-state index is 0.579. The highest BCUT2D eigenvalue weighted by Gasteiger charge is 2.02. The van der Waals surface area contributed by atoms with Gasteiger partial charge in [-0.2, -0.15) is 4.98 Å². The summed E-state index contributed by atoms with van der Waals surface area (Å²) >= 11 is 0. The molecule has 0 unspecified atom stereocenters. The molecule has 0 atom stereocenters. The van der Waals surface area contributed by atoms with Crippen LogP contribution in [0, 0.1) is 6.92 Å². The van der Waals surface area contributed by atoms with Crippen LogP contribution >= 0.6 is 0 Å². The third-order valence-electron chi connectivity index (χ3n) is 2.88. The molecule has 1 N–H and O–H groups in total. The van der Waals surface area contributed by atoms with E-state index < -0.39 is 0 Å². The summed E-state index contributed by atoms with van der Waals surface area (Å²) in [6.07, 6.45) is 3.68. The first-order chi connectivity index (χ1) is 9.31. The highest BCUT2D eigenvalue weighted by Crippen LogP contribution is 2.14. The van der Waals surface area contributed by atoms with Crippen LogP contribution in [0.3, 0.4) is 0 Å².